The molecule has 2 aromatic heterocycles. The molecule has 36 heavy (non-hydrogen) atoms. The number of alkyl halides is 3. The lowest BCUT2D eigenvalue weighted by Gasteiger charge is -2.40. The molecule has 1 aliphatic carbocycles. The molecule has 10 nitrogen and oxygen atoms in total. The van der Waals surface area contributed by atoms with Gasteiger partial charge in [-0.25, -0.2) is 15.0 Å². The highest BCUT2D eigenvalue weighted by Gasteiger charge is 2.40. The number of aryl methyl sites for hydroxylation is 1. The fraction of sp³-hybridized carbons (Fsp3) is 0.609. The van der Waals surface area contributed by atoms with Crippen LogP contribution in [0.25, 0.3) is 0 Å². The first-order valence-corrected chi connectivity index (χ1v) is 11.6. The predicted molar refractivity (Wildman–Crippen MR) is 126 cm³/mol. The summed E-state index contributed by atoms with van der Waals surface area (Å²) >= 11 is 0. The number of carbonyl (C=O) groups excluding carboxylic acids is 1. The lowest BCUT2D eigenvalue weighted by atomic mass is 9.89. The van der Waals surface area contributed by atoms with Crippen LogP contribution in [-0.2, 0) is 15.7 Å². The Balaban J connectivity index is 1.39. The number of rotatable bonds is 6. The van der Waals surface area contributed by atoms with Gasteiger partial charge in [0, 0.05) is 25.9 Å². The van der Waals surface area contributed by atoms with Crippen molar-refractivity contribution >= 4 is 23.4 Å². The van der Waals surface area contributed by atoms with E-state index in [4.69, 9.17) is 9.47 Å². The molecule has 0 bridgehead atoms. The van der Waals surface area contributed by atoms with Crippen LogP contribution in [0.4, 0.5) is 30.6 Å². The largest absolute Gasteiger partial charge is 0.487 e. The summed E-state index contributed by atoms with van der Waals surface area (Å²) in [7, 11) is 1.81. The Hall–Kier alpha value is -3.22. The summed E-state index contributed by atoms with van der Waals surface area (Å²) < 4.78 is 49.5. The molecule has 2 aromatic rings. The van der Waals surface area contributed by atoms with Gasteiger partial charge in [0.2, 0.25) is 17.7 Å². The Morgan fingerprint density at radius 1 is 1.17 bits per heavy atom. The van der Waals surface area contributed by atoms with Crippen LogP contribution >= 0.6 is 0 Å². The summed E-state index contributed by atoms with van der Waals surface area (Å²) in [5.74, 6) is -0.194. The van der Waals surface area contributed by atoms with Gasteiger partial charge in [-0.2, -0.15) is 18.2 Å². The maximum absolute atomic E-state index is 12.8. The number of amides is 1. The Bertz CT molecular complexity index is 1120. The van der Waals surface area contributed by atoms with Gasteiger partial charge in [0.05, 0.1) is 29.8 Å². The van der Waals surface area contributed by atoms with E-state index in [9.17, 15) is 18.0 Å². The molecule has 2 atom stereocenters. The molecular formula is C23H30F3N7O3. The van der Waals surface area contributed by atoms with E-state index in [1.807, 2.05) is 32.6 Å². The van der Waals surface area contributed by atoms with E-state index < -0.39 is 23.6 Å². The molecule has 0 radical (unpaired) electrons. The van der Waals surface area contributed by atoms with Crippen molar-refractivity contribution in [1.82, 2.24) is 19.9 Å². The first kappa shape index (κ1) is 25.9. The second-order valence-corrected chi connectivity index (χ2v) is 10.1. The first-order chi connectivity index (χ1) is 16.7. The number of aromatic nitrogens is 4. The van der Waals surface area contributed by atoms with Crippen molar-refractivity contribution < 1.29 is 27.4 Å². The number of likely N-dealkylation sites (N-methyl/N-ethyl adjacent to an activating group) is 1. The van der Waals surface area contributed by atoms with E-state index in [1.165, 1.54) is 0 Å². The van der Waals surface area contributed by atoms with Crippen molar-refractivity contribution in [2.75, 3.05) is 22.6 Å². The summed E-state index contributed by atoms with van der Waals surface area (Å²) in [6, 6.07) is -0.545. The maximum atomic E-state index is 12.8. The zero-order valence-corrected chi connectivity index (χ0v) is 21.0. The predicted octanol–water partition coefficient (Wildman–Crippen LogP) is 3.58. The van der Waals surface area contributed by atoms with E-state index in [-0.39, 0.29) is 29.9 Å². The third-order valence-corrected chi connectivity index (χ3v) is 5.94. The third-order valence-electron chi connectivity index (χ3n) is 5.94. The molecule has 0 aromatic carbocycles. The maximum Gasteiger partial charge on any atom is 0.451 e. The minimum Gasteiger partial charge on any atom is -0.487 e. The van der Waals surface area contributed by atoms with Gasteiger partial charge >= 0.3 is 6.18 Å². The van der Waals surface area contributed by atoms with Gasteiger partial charge in [0.25, 0.3) is 0 Å². The molecule has 1 unspecified atom stereocenters. The number of nitrogens with one attached hydrogen (secondary N) is 2. The third kappa shape index (κ3) is 5.61. The fourth-order valence-corrected chi connectivity index (χ4v) is 4.36. The molecular weight excluding hydrogens is 479 g/mol. The number of hydrogen-bond acceptors (Lipinski definition) is 9. The van der Waals surface area contributed by atoms with Crippen LogP contribution in [0.2, 0.25) is 0 Å². The van der Waals surface area contributed by atoms with Crippen LogP contribution in [0.5, 0.6) is 5.75 Å². The molecule has 1 fully saturated rings. The summed E-state index contributed by atoms with van der Waals surface area (Å²) in [5.41, 5.74) is 0.772. The minimum atomic E-state index is -4.59. The van der Waals surface area contributed by atoms with Crippen LogP contribution in [-0.4, -0.2) is 62.8 Å². The minimum absolute atomic E-state index is 0.0187. The molecule has 1 saturated carbocycles. The highest BCUT2D eigenvalue weighted by Crippen LogP contribution is 2.35. The van der Waals surface area contributed by atoms with Gasteiger partial charge < -0.3 is 25.0 Å². The van der Waals surface area contributed by atoms with E-state index in [0.29, 0.717) is 36.0 Å². The normalized spacial score (nSPS) is 22.9. The average molecular weight is 510 g/mol. The van der Waals surface area contributed by atoms with Crippen LogP contribution in [0, 0.1) is 6.92 Å². The van der Waals surface area contributed by atoms with E-state index in [1.54, 1.807) is 14.0 Å². The standard InChI is InChI=1S/C23H30F3N7O3/c1-11-16-18(33(6)17(19(34)31-16)12(2)36-22(3,4)5)32-21(29-11)30-13-7-14(8-13)35-15-9-27-20(28-10-15)23(24,25)26/h9-10,12-14,17H,7-8H2,1-6H3,(H,31,34)(H,29,30,32)/t12-,13-,14-,17?/m1/s1. The number of ether oxygens (including phenoxy) is 2. The molecule has 2 N–H and O–H groups in total. The molecule has 0 spiro atoms. The Kier molecular flexibility index (Phi) is 6.71. The van der Waals surface area contributed by atoms with E-state index >= 15 is 0 Å². The number of anilines is 3. The van der Waals surface area contributed by atoms with Crippen molar-refractivity contribution in [1.29, 1.82) is 0 Å². The van der Waals surface area contributed by atoms with Gasteiger partial charge in [-0.05, 0) is 34.6 Å². The molecule has 1 aliphatic heterocycles. The smallest absolute Gasteiger partial charge is 0.451 e. The van der Waals surface area contributed by atoms with Crippen LogP contribution in [0.1, 0.15) is 52.1 Å². The van der Waals surface area contributed by atoms with Gasteiger partial charge in [0.1, 0.15) is 17.8 Å². The number of fused-ring (bicyclic) bond motifs is 1. The van der Waals surface area contributed by atoms with Crippen molar-refractivity contribution in [3.05, 3.63) is 23.9 Å². The Morgan fingerprint density at radius 2 is 1.81 bits per heavy atom. The fourth-order valence-electron chi connectivity index (χ4n) is 4.36. The summed E-state index contributed by atoms with van der Waals surface area (Å²) in [5, 5.41) is 6.19. The van der Waals surface area contributed by atoms with Gasteiger partial charge in [-0.15, -0.1) is 0 Å². The van der Waals surface area contributed by atoms with Crippen molar-refractivity contribution in [2.45, 2.75) is 83.5 Å². The van der Waals surface area contributed by atoms with Gasteiger partial charge in [-0.3, -0.25) is 4.79 Å². The lowest BCUT2D eigenvalue weighted by Crippen LogP contribution is -2.54. The van der Waals surface area contributed by atoms with Crippen molar-refractivity contribution in [2.24, 2.45) is 0 Å². The number of halogens is 3. The molecule has 2 aliphatic rings. The number of nitrogens with zero attached hydrogens (tertiary/aromatic N) is 5. The van der Waals surface area contributed by atoms with Crippen LogP contribution < -0.4 is 20.3 Å². The SMILES string of the molecule is Cc1nc(N[C@H]2C[C@H](Oc3cnc(C(F)(F)F)nc3)C2)nc2c1NC(=O)C([C@@H](C)OC(C)(C)C)N2C. The van der Waals surface area contributed by atoms with Crippen LogP contribution in [0.15, 0.2) is 12.4 Å². The quantitative estimate of drug-likeness (QED) is 0.603. The second-order valence-electron chi connectivity index (χ2n) is 10.1. The molecule has 196 valence electrons. The van der Waals surface area contributed by atoms with Crippen molar-refractivity contribution in [3.8, 4) is 5.75 Å². The summed E-state index contributed by atoms with van der Waals surface area (Å²) in [6.07, 6.45) is -1.91. The zero-order chi connectivity index (χ0) is 26.4. The zero-order valence-electron chi connectivity index (χ0n) is 21.0. The van der Waals surface area contributed by atoms with Crippen molar-refractivity contribution in [3.63, 3.8) is 0 Å². The molecule has 1 amide bonds. The van der Waals surface area contributed by atoms with E-state index in [2.05, 4.69) is 30.6 Å². The molecule has 13 heteroatoms. The van der Waals surface area contributed by atoms with Crippen LogP contribution in [0.3, 0.4) is 0 Å². The summed E-state index contributed by atoms with van der Waals surface area (Å²) in [4.78, 5) is 30.4. The monoisotopic (exact) mass is 509 g/mol. The number of carbonyl (C=O) groups is 1. The highest BCUT2D eigenvalue weighted by molar-refractivity contribution is 6.03. The van der Waals surface area contributed by atoms with E-state index in [0.717, 1.165) is 12.4 Å². The molecule has 4 rings (SSSR count). The number of hydrogen-bond donors (Lipinski definition) is 2. The lowest BCUT2D eigenvalue weighted by molar-refractivity contribution is -0.145. The second kappa shape index (κ2) is 9.34. The Labute approximate surface area is 207 Å². The highest BCUT2D eigenvalue weighted by atomic mass is 19.4. The topological polar surface area (TPSA) is 114 Å². The first-order valence-electron chi connectivity index (χ1n) is 11.6. The summed E-state index contributed by atoms with van der Waals surface area (Å²) in [6.45, 7) is 9.47. The Morgan fingerprint density at radius 3 is 2.39 bits per heavy atom. The molecule has 0 saturated heterocycles. The van der Waals surface area contributed by atoms with Gasteiger partial charge in [-0.1, -0.05) is 0 Å². The molecule has 3 heterocycles. The van der Waals surface area contributed by atoms with Gasteiger partial charge in [0.15, 0.2) is 11.6 Å². The average Bonchev–Trinajstić information content (AvgIpc) is 2.71.